The molecule has 1 atom stereocenters. The Morgan fingerprint density at radius 2 is 1.65 bits per heavy atom. The topological polar surface area (TPSA) is 121 Å². The lowest BCUT2D eigenvalue weighted by molar-refractivity contribution is 0.136. The van der Waals surface area contributed by atoms with Gasteiger partial charge in [-0.2, -0.15) is 0 Å². The van der Waals surface area contributed by atoms with Crippen LogP contribution in [0.1, 0.15) is 11.1 Å². The molecule has 8 nitrogen and oxygen atoms in total. The molecule has 0 aliphatic heterocycles. The fourth-order valence-corrected chi connectivity index (χ4v) is 3.21. The minimum Gasteiger partial charge on any atom is -0.445 e. The predicted octanol–water partition coefficient (Wildman–Crippen LogP) is 3.16. The van der Waals surface area contributed by atoms with Gasteiger partial charge in [-0.1, -0.05) is 60.7 Å². The molecule has 1 N–H and O–H groups in total. The number of carbonyl (C=O) groups is 1. The molecular formula is C17H18N4O4S. The van der Waals surface area contributed by atoms with Gasteiger partial charge in [0.2, 0.25) is 10.0 Å². The SMILES string of the molecule is [N-]=[N+]=NS(=O)(=O)C[C@H](Cc1ccccc1)NC(=O)OCc1ccccc1. The van der Waals surface area contributed by atoms with Crippen LogP contribution >= 0.6 is 0 Å². The number of benzene rings is 2. The van der Waals surface area contributed by atoms with E-state index < -0.39 is 27.9 Å². The van der Waals surface area contributed by atoms with Crippen LogP contribution in [-0.2, 0) is 27.8 Å². The standard InChI is InChI=1S/C17H18N4O4S/c18-20-21-26(23,24)13-16(11-14-7-3-1-4-8-14)19-17(22)25-12-15-9-5-2-6-10-15/h1-10,16H,11-13H2,(H,19,22)/t16-/m0/s1. The van der Waals surface area contributed by atoms with Crippen molar-refractivity contribution in [2.75, 3.05) is 5.75 Å². The maximum absolute atomic E-state index is 12.0. The summed E-state index contributed by atoms with van der Waals surface area (Å²) in [6, 6.07) is 17.4. The summed E-state index contributed by atoms with van der Waals surface area (Å²) in [5, 5.41) is 2.53. The van der Waals surface area contributed by atoms with Crippen molar-refractivity contribution in [2.45, 2.75) is 19.1 Å². The Morgan fingerprint density at radius 1 is 1.08 bits per heavy atom. The summed E-state index contributed by atoms with van der Waals surface area (Å²) in [5.74, 6) is -0.521. The summed E-state index contributed by atoms with van der Waals surface area (Å²) in [5.41, 5.74) is 10.0. The van der Waals surface area contributed by atoms with E-state index in [2.05, 4.69) is 14.7 Å². The van der Waals surface area contributed by atoms with Gasteiger partial charge in [0.15, 0.2) is 0 Å². The molecule has 2 aromatic carbocycles. The summed E-state index contributed by atoms with van der Waals surface area (Å²) < 4.78 is 31.5. The Labute approximate surface area is 151 Å². The number of alkyl carbamates (subject to hydrolysis) is 1. The highest BCUT2D eigenvalue weighted by molar-refractivity contribution is 7.90. The van der Waals surface area contributed by atoms with Crippen LogP contribution < -0.4 is 5.32 Å². The average molecular weight is 374 g/mol. The number of nitrogens with zero attached hydrogens (tertiary/aromatic N) is 3. The first-order valence-corrected chi connectivity index (χ1v) is 9.39. The molecule has 0 unspecified atom stereocenters. The van der Waals surface area contributed by atoms with Gasteiger partial charge >= 0.3 is 6.09 Å². The average Bonchev–Trinajstić information content (AvgIpc) is 2.61. The summed E-state index contributed by atoms with van der Waals surface area (Å²) in [4.78, 5) is 14.3. The molecule has 0 spiro atoms. The zero-order chi connectivity index (χ0) is 18.8. The van der Waals surface area contributed by atoms with Crippen LogP contribution in [0.2, 0.25) is 0 Å². The Morgan fingerprint density at radius 3 is 2.23 bits per heavy atom. The van der Waals surface area contributed by atoms with Crippen molar-refractivity contribution in [3.05, 3.63) is 82.2 Å². The largest absolute Gasteiger partial charge is 0.445 e. The van der Waals surface area contributed by atoms with Gasteiger partial charge in [0.05, 0.1) is 11.8 Å². The molecule has 0 saturated carbocycles. The van der Waals surface area contributed by atoms with E-state index in [1.54, 1.807) is 12.1 Å². The van der Waals surface area contributed by atoms with Crippen LogP contribution in [0.3, 0.4) is 0 Å². The highest BCUT2D eigenvalue weighted by Gasteiger charge is 2.21. The maximum atomic E-state index is 12.0. The van der Waals surface area contributed by atoms with Crippen molar-refractivity contribution in [1.29, 1.82) is 0 Å². The van der Waals surface area contributed by atoms with E-state index in [4.69, 9.17) is 10.3 Å². The van der Waals surface area contributed by atoms with Gasteiger partial charge in [0.25, 0.3) is 0 Å². The molecule has 0 aliphatic carbocycles. The third kappa shape index (κ3) is 6.84. The Hall–Kier alpha value is -3.03. The summed E-state index contributed by atoms with van der Waals surface area (Å²) in [6.45, 7) is 0.0633. The fourth-order valence-electron chi connectivity index (χ4n) is 2.32. The predicted molar refractivity (Wildman–Crippen MR) is 96.6 cm³/mol. The van der Waals surface area contributed by atoms with Crippen LogP contribution in [0.25, 0.3) is 10.4 Å². The van der Waals surface area contributed by atoms with Crippen molar-refractivity contribution in [3.63, 3.8) is 0 Å². The minimum atomic E-state index is -4.03. The van der Waals surface area contributed by atoms with Crippen molar-refractivity contribution < 1.29 is 17.9 Å². The number of ether oxygens (including phenoxy) is 1. The molecule has 0 bridgehead atoms. The molecule has 0 saturated heterocycles. The molecule has 0 radical (unpaired) electrons. The van der Waals surface area contributed by atoms with E-state index in [0.29, 0.717) is 0 Å². The normalized spacial score (nSPS) is 11.8. The van der Waals surface area contributed by atoms with Crippen LogP contribution in [-0.4, -0.2) is 26.3 Å². The first-order valence-electron chi connectivity index (χ1n) is 7.79. The molecule has 0 aliphatic rings. The molecule has 2 aromatic rings. The van der Waals surface area contributed by atoms with Crippen LogP contribution in [0.4, 0.5) is 4.79 Å². The Bertz CT molecular complexity index is 866. The lowest BCUT2D eigenvalue weighted by Gasteiger charge is -2.17. The van der Waals surface area contributed by atoms with Gasteiger partial charge in [-0.3, -0.25) is 0 Å². The molecule has 9 heteroatoms. The monoisotopic (exact) mass is 374 g/mol. The molecule has 26 heavy (non-hydrogen) atoms. The van der Waals surface area contributed by atoms with Gasteiger partial charge < -0.3 is 10.1 Å². The molecule has 0 heterocycles. The number of rotatable bonds is 8. The second kappa shape index (κ2) is 9.45. The molecule has 1 amide bonds. The number of carbonyl (C=O) groups excluding carboxylic acids is 1. The minimum absolute atomic E-state index is 0.0633. The maximum Gasteiger partial charge on any atom is 0.407 e. The van der Waals surface area contributed by atoms with E-state index in [0.717, 1.165) is 11.1 Å². The highest BCUT2D eigenvalue weighted by atomic mass is 32.2. The quantitative estimate of drug-likeness (QED) is 0.433. The van der Waals surface area contributed by atoms with Crippen molar-refractivity contribution in [2.24, 2.45) is 4.52 Å². The van der Waals surface area contributed by atoms with Crippen LogP contribution in [0.5, 0.6) is 0 Å². The second-order valence-electron chi connectivity index (χ2n) is 5.51. The van der Waals surface area contributed by atoms with Crippen molar-refractivity contribution in [1.82, 2.24) is 5.32 Å². The molecule has 0 aromatic heterocycles. The van der Waals surface area contributed by atoms with Gasteiger partial charge in [-0.15, -0.1) is 0 Å². The molecule has 0 fully saturated rings. The lowest BCUT2D eigenvalue weighted by Crippen LogP contribution is -2.41. The summed E-state index contributed by atoms with van der Waals surface area (Å²) in [7, 11) is -4.03. The Kier molecular flexibility index (Phi) is 7.02. The lowest BCUT2D eigenvalue weighted by atomic mass is 10.1. The molecule has 136 valence electrons. The number of sulfonamides is 1. The van der Waals surface area contributed by atoms with E-state index in [1.807, 2.05) is 48.5 Å². The zero-order valence-electron chi connectivity index (χ0n) is 13.9. The fraction of sp³-hybridized carbons (Fsp3) is 0.235. The van der Waals surface area contributed by atoms with Crippen LogP contribution in [0.15, 0.2) is 65.2 Å². The molecule has 2 rings (SSSR count). The number of hydrogen-bond donors (Lipinski definition) is 1. The first kappa shape index (κ1) is 19.3. The first-order chi connectivity index (χ1) is 12.5. The second-order valence-corrected chi connectivity index (χ2v) is 7.17. The third-order valence-corrected chi connectivity index (χ3v) is 4.58. The van der Waals surface area contributed by atoms with Gasteiger partial charge in [0.1, 0.15) is 6.61 Å². The van der Waals surface area contributed by atoms with E-state index in [1.165, 1.54) is 0 Å². The van der Waals surface area contributed by atoms with E-state index in [-0.39, 0.29) is 13.0 Å². The third-order valence-electron chi connectivity index (χ3n) is 3.43. The number of nitrogens with one attached hydrogen (secondary N) is 1. The summed E-state index contributed by atoms with van der Waals surface area (Å²) in [6.07, 6.45) is -0.493. The molecular weight excluding hydrogens is 356 g/mol. The van der Waals surface area contributed by atoms with Gasteiger partial charge in [0, 0.05) is 9.43 Å². The van der Waals surface area contributed by atoms with Crippen molar-refractivity contribution in [3.8, 4) is 0 Å². The van der Waals surface area contributed by atoms with Crippen molar-refractivity contribution >= 4 is 16.1 Å². The Balaban J connectivity index is 2.02. The van der Waals surface area contributed by atoms with E-state index >= 15 is 0 Å². The highest BCUT2D eigenvalue weighted by Crippen LogP contribution is 2.08. The van der Waals surface area contributed by atoms with Gasteiger partial charge in [-0.05, 0) is 23.1 Å². The summed E-state index contributed by atoms with van der Waals surface area (Å²) >= 11 is 0. The number of azide groups is 1. The smallest absolute Gasteiger partial charge is 0.407 e. The number of hydrogen-bond acceptors (Lipinski definition) is 4. The van der Waals surface area contributed by atoms with E-state index in [9.17, 15) is 13.2 Å². The zero-order valence-corrected chi connectivity index (χ0v) is 14.7. The van der Waals surface area contributed by atoms with Gasteiger partial charge in [-0.25, -0.2) is 13.2 Å². The number of amides is 1. The van der Waals surface area contributed by atoms with Crippen LogP contribution in [0, 0.1) is 0 Å².